The highest BCUT2D eigenvalue weighted by Crippen LogP contribution is 2.00. The normalized spacial score (nSPS) is 9.24. The lowest BCUT2D eigenvalue weighted by atomic mass is 10.2. The molecule has 1 amide bonds. The number of ether oxygens (including phenoxy) is 1. The first kappa shape index (κ1) is 14.9. The van der Waals surface area contributed by atoms with Gasteiger partial charge in [-0.05, 0) is 6.92 Å². The largest absolute Gasteiger partial charge is 0.481 e. The van der Waals surface area contributed by atoms with Gasteiger partial charge in [-0.3, -0.25) is 9.59 Å². The molecule has 0 radical (unpaired) electrons. The maximum Gasteiger partial charge on any atom is 0.334 e. The fraction of sp³-hybridized carbons (Fsp3) is 0.364. The number of carbonyl (C=O) groups is 3. The minimum Gasteiger partial charge on any atom is -0.481 e. The Kier molecular flexibility index (Phi) is 6.32. The molecular formula is C11H15NO5. The Labute approximate surface area is 99.0 Å². The summed E-state index contributed by atoms with van der Waals surface area (Å²) < 4.78 is 4.69. The van der Waals surface area contributed by atoms with Crippen molar-refractivity contribution in [2.24, 2.45) is 0 Å². The molecule has 0 bridgehead atoms. The van der Waals surface area contributed by atoms with E-state index in [4.69, 9.17) is 5.11 Å². The molecule has 6 nitrogen and oxygen atoms in total. The summed E-state index contributed by atoms with van der Waals surface area (Å²) in [7, 11) is 0. The topological polar surface area (TPSA) is 92.7 Å². The van der Waals surface area contributed by atoms with E-state index in [1.807, 2.05) is 0 Å². The Morgan fingerprint density at radius 3 is 2.35 bits per heavy atom. The van der Waals surface area contributed by atoms with E-state index in [9.17, 15) is 14.4 Å². The van der Waals surface area contributed by atoms with Gasteiger partial charge in [0.2, 0.25) is 5.91 Å². The van der Waals surface area contributed by atoms with E-state index in [0.717, 1.165) is 0 Å². The summed E-state index contributed by atoms with van der Waals surface area (Å²) in [6.45, 7) is 8.35. The van der Waals surface area contributed by atoms with Crippen LogP contribution in [0.3, 0.4) is 0 Å². The highest BCUT2D eigenvalue weighted by Gasteiger charge is 2.12. The highest BCUT2D eigenvalue weighted by molar-refractivity contribution is 5.93. The van der Waals surface area contributed by atoms with Gasteiger partial charge >= 0.3 is 11.9 Å². The molecule has 0 aromatic rings. The third-order valence-electron chi connectivity index (χ3n) is 1.66. The molecule has 0 spiro atoms. The van der Waals surface area contributed by atoms with Gasteiger partial charge in [0.1, 0.15) is 6.61 Å². The first-order chi connectivity index (χ1) is 7.84. The maximum atomic E-state index is 11.1. The zero-order valence-electron chi connectivity index (χ0n) is 9.62. The van der Waals surface area contributed by atoms with E-state index >= 15 is 0 Å². The van der Waals surface area contributed by atoms with Gasteiger partial charge in [-0.2, -0.15) is 0 Å². The Morgan fingerprint density at radius 2 is 1.88 bits per heavy atom. The van der Waals surface area contributed by atoms with E-state index in [0.29, 0.717) is 5.57 Å². The van der Waals surface area contributed by atoms with Crippen molar-refractivity contribution in [2.45, 2.75) is 13.3 Å². The summed E-state index contributed by atoms with van der Waals surface area (Å²) in [4.78, 5) is 32.4. The van der Waals surface area contributed by atoms with Crippen LogP contribution in [0.25, 0.3) is 0 Å². The van der Waals surface area contributed by atoms with Crippen LogP contribution in [0.1, 0.15) is 13.3 Å². The third-order valence-corrected chi connectivity index (χ3v) is 1.66. The average molecular weight is 241 g/mol. The molecule has 0 saturated heterocycles. The van der Waals surface area contributed by atoms with Gasteiger partial charge in [0.25, 0.3) is 0 Å². The monoisotopic (exact) mass is 241 g/mol. The van der Waals surface area contributed by atoms with Crippen LogP contribution in [-0.4, -0.2) is 36.1 Å². The minimum absolute atomic E-state index is 0.0451. The van der Waals surface area contributed by atoms with E-state index in [-0.39, 0.29) is 24.6 Å². The SMILES string of the molecule is C=C(C)C(=O)NCCOC(=O)C(=C)CC(=O)O. The average Bonchev–Trinajstić information content (AvgIpc) is 2.22. The Bertz CT molecular complexity index is 359. The van der Waals surface area contributed by atoms with E-state index < -0.39 is 18.4 Å². The second-order valence-corrected chi connectivity index (χ2v) is 3.35. The first-order valence-electron chi connectivity index (χ1n) is 4.85. The van der Waals surface area contributed by atoms with Crippen LogP contribution in [0.2, 0.25) is 0 Å². The van der Waals surface area contributed by atoms with Crippen molar-refractivity contribution in [2.75, 3.05) is 13.2 Å². The molecule has 0 rings (SSSR count). The molecular weight excluding hydrogens is 226 g/mol. The van der Waals surface area contributed by atoms with Crippen molar-refractivity contribution in [1.82, 2.24) is 5.32 Å². The number of aliphatic carboxylic acids is 1. The lowest BCUT2D eigenvalue weighted by Gasteiger charge is -2.06. The summed E-state index contributed by atoms with van der Waals surface area (Å²) in [5, 5.41) is 10.9. The van der Waals surface area contributed by atoms with Gasteiger partial charge in [0, 0.05) is 11.1 Å². The highest BCUT2D eigenvalue weighted by atomic mass is 16.5. The Hall–Kier alpha value is -2.11. The van der Waals surface area contributed by atoms with Gasteiger partial charge in [-0.1, -0.05) is 13.2 Å². The summed E-state index contributed by atoms with van der Waals surface area (Å²) in [6.07, 6.45) is -0.461. The maximum absolute atomic E-state index is 11.1. The standard InChI is InChI=1S/C11H15NO5/c1-7(2)10(15)12-4-5-17-11(16)8(3)6-9(13)14/h1,3-6H2,2H3,(H,12,15)(H,13,14). The lowest BCUT2D eigenvalue weighted by molar-refractivity contribution is -0.142. The molecule has 0 heterocycles. The van der Waals surface area contributed by atoms with Gasteiger partial charge in [-0.15, -0.1) is 0 Å². The van der Waals surface area contributed by atoms with E-state index in [1.54, 1.807) is 6.92 Å². The number of carboxylic acid groups (broad SMARTS) is 1. The predicted octanol–water partition coefficient (Wildman–Crippen LogP) is 0.253. The van der Waals surface area contributed by atoms with E-state index in [2.05, 4.69) is 23.2 Å². The summed E-state index contributed by atoms with van der Waals surface area (Å²) in [5.74, 6) is -2.26. The van der Waals surface area contributed by atoms with Crippen molar-refractivity contribution >= 4 is 17.8 Å². The molecule has 0 aliphatic heterocycles. The van der Waals surface area contributed by atoms with Gasteiger partial charge in [0.15, 0.2) is 0 Å². The number of hydrogen-bond acceptors (Lipinski definition) is 4. The predicted molar refractivity (Wildman–Crippen MR) is 60.2 cm³/mol. The smallest absolute Gasteiger partial charge is 0.334 e. The summed E-state index contributed by atoms with van der Waals surface area (Å²) >= 11 is 0. The molecule has 0 aliphatic rings. The second-order valence-electron chi connectivity index (χ2n) is 3.35. The molecule has 0 fully saturated rings. The van der Waals surface area contributed by atoms with Gasteiger partial charge < -0.3 is 15.2 Å². The van der Waals surface area contributed by atoms with Crippen LogP contribution in [0.5, 0.6) is 0 Å². The molecule has 0 atom stereocenters. The van der Waals surface area contributed by atoms with Crippen molar-refractivity contribution < 1.29 is 24.2 Å². The van der Waals surface area contributed by atoms with Crippen LogP contribution in [-0.2, 0) is 19.1 Å². The zero-order valence-corrected chi connectivity index (χ0v) is 9.62. The van der Waals surface area contributed by atoms with Crippen LogP contribution in [0.15, 0.2) is 24.3 Å². The van der Waals surface area contributed by atoms with Crippen LogP contribution in [0.4, 0.5) is 0 Å². The van der Waals surface area contributed by atoms with Gasteiger partial charge in [0.05, 0.1) is 13.0 Å². The van der Waals surface area contributed by atoms with Crippen LogP contribution < -0.4 is 5.32 Å². The molecule has 94 valence electrons. The van der Waals surface area contributed by atoms with E-state index in [1.165, 1.54) is 0 Å². The van der Waals surface area contributed by atoms with Gasteiger partial charge in [-0.25, -0.2) is 4.79 Å². The fourth-order valence-electron chi connectivity index (χ4n) is 0.816. The number of carbonyl (C=O) groups excluding carboxylic acids is 2. The number of nitrogens with one attached hydrogen (secondary N) is 1. The quantitative estimate of drug-likeness (QED) is 0.378. The molecule has 6 heteroatoms. The van der Waals surface area contributed by atoms with Crippen molar-refractivity contribution in [3.63, 3.8) is 0 Å². The number of rotatable bonds is 7. The molecule has 0 saturated carbocycles. The van der Waals surface area contributed by atoms with Crippen molar-refractivity contribution in [3.05, 3.63) is 24.3 Å². The zero-order chi connectivity index (χ0) is 13.4. The number of esters is 1. The molecule has 0 aliphatic carbocycles. The fourth-order valence-corrected chi connectivity index (χ4v) is 0.816. The molecule has 17 heavy (non-hydrogen) atoms. The van der Waals surface area contributed by atoms with Crippen LogP contribution >= 0.6 is 0 Å². The Balaban J connectivity index is 3.79. The minimum atomic E-state index is -1.15. The van der Waals surface area contributed by atoms with Crippen LogP contribution in [0, 0.1) is 0 Å². The molecule has 0 unspecified atom stereocenters. The Morgan fingerprint density at radius 1 is 1.29 bits per heavy atom. The number of carboxylic acids is 1. The molecule has 0 aromatic carbocycles. The second kappa shape index (κ2) is 7.21. The number of hydrogen-bond donors (Lipinski definition) is 2. The first-order valence-corrected chi connectivity index (χ1v) is 4.85. The summed E-state index contributed by atoms with van der Waals surface area (Å²) in [6, 6.07) is 0. The summed E-state index contributed by atoms with van der Waals surface area (Å²) in [5.41, 5.74) is 0.218. The number of amides is 1. The van der Waals surface area contributed by atoms with Crippen molar-refractivity contribution in [1.29, 1.82) is 0 Å². The lowest BCUT2D eigenvalue weighted by Crippen LogP contribution is -2.28. The van der Waals surface area contributed by atoms with Crippen molar-refractivity contribution in [3.8, 4) is 0 Å². The molecule has 2 N–H and O–H groups in total. The molecule has 0 aromatic heterocycles. The third kappa shape index (κ3) is 6.88.